The van der Waals surface area contributed by atoms with Crippen LogP contribution >= 0.6 is 0 Å². The number of hydrogen-bond donors (Lipinski definition) is 2. The highest BCUT2D eigenvalue weighted by atomic mass is 16.5. The minimum absolute atomic E-state index is 0.0618. The number of carbonyl (C=O) groups is 2. The van der Waals surface area contributed by atoms with E-state index >= 15 is 0 Å². The van der Waals surface area contributed by atoms with E-state index in [-0.39, 0.29) is 24.3 Å². The highest BCUT2D eigenvalue weighted by molar-refractivity contribution is 5.85. The van der Waals surface area contributed by atoms with Crippen LogP contribution in [-0.4, -0.2) is 57.1 Å². The number of nitrogens with two attached hydrogens (primary N) is 1. The van der Waals surface area contributed by atoms with Crippen molar-refractivity contribution in [2.24, 2.45) is 17.6 Å². The predicted molar refractivity (Wildman–Crippen MR) is 79.1 cm³/mol. The monoisotopic (exact) mass is 287 g/mol. The summed E-state index contributed by atoms with van der Waals surface area (Å²) in [5, 5.41) is 2.76. The molecule has 0 aliphatic carbocycles. The normalized spacial score (nSPS) is 12.3. The van der Waals surface area contributed by atoms with Gasteiger partial charge in [-0.2, -0.15) is 0 Å². The third-order valence-corrected chi connectivity index (χ3v) is 2.99. The summed E-state index contributed by atoms with van der Waals surface area (Å²) >= 11 is 0. The molecule has 0 spiro atoms. The summed E-state index contributed by atoms with van der Waals surface area (Å²) in [5.74, 6) is -0.0180. The van der Waals surface area contributed by atoms with Crippen molar-refractivity contribution in [2.75, 3.05) is 40.4 Å². The van der Waals surface area contributed by atoms with Crippen LogP contribution in [0.3, 0.4) is 0 Å². The number of amides is 2. The summed E-state index contributed by atoms with van der Waals surface area (Å²) in [6.45, 7) is 5.66. The number of hydrogen-bond acceptors (Lipinski definition) is 4. The molecule has 0 bridgehead atoms. The standard InChI is InChI=1S/C14H29N3O3/c1-11(2)8-12(9-15)14(19)17(3)10-13(18)16-6-5-7-20-4/h11-12H,5-10,15H2,1-4H3,(H,16,18). The van der Waals surface area contributed by atoms with Crippen LogP contribution in [0.4, 0.5) is 0 Å². The Kier molecular flexibility index (Phi) is 10.0. The highest BCUT2D eigenvalue weighted by Crippen LogP contribution is 2.12. The summed E-state index contributed by atoms with van der Waals surface area (Å²) in [6.07, 6.45) is 1.51. The van der Waals surface area contributed by atoms with Gasteiger partial charge in [0.25, 0.3) is 0 Å². The van der Waals surface area contributed by atoms with Crippen molar-refractivity contribution in [3.8, 4) is 0 Å². The molecule has 118 valence electrons. The topological polar surface area (TPSA) is 84.7 Å². The second-order valence-electron chi connectivity index (χ2n) is 5.45. The quantitative estimate of drug-likeness (QED) is 0.563. The Hall–Kier alpha value is -1.14. The molecule has 0 aromatic heterocycles. The lowest BCUT2D eigenvalue weighted by atomic mass is 9.96. The first-order valence-corrected chi connectivity index (χ1v) is 7.13. The third kappa shape index (κ3) is 8.12. The molecule has 1 unspecified atom stereocenters. The van der Waals surface area contributed by atoms with Crippen molar-refractivity contribution in [3.05, 3.63) is 0 Å². The maximum atomic E-state index is 12.2. The Morgan fingerprint density at radius 1 is 1.35 bits per heavy atom. The van der Waals surface area contributed by atoms with E-state index in [0.717, 1.165) is 12.8 Å². The summed E-state index contributed by atoms with van der Waals surface area (Å²) in [4.78, 5) is 25.3. The average Bonchev–Trinajstić information content (AvgIpc) is 2.39. The van der Waals surface area contributed by atoms with Gasteiger partial charge >= 0.3 is 0 Å². The van der Waals surface area contributed by atoms with Gasteiger partial charge in [0.2, 0.25) is 11.8 Å². The van der Waals surface area contributed by atoms with Crippen molar-refractivity contribution >= 4 is 11.8 Å². The van der Waals surface area contributed by atoms with E-state index in [1.807, 2.05) is 0 Å². The number of nitrogens with zero attached hydrogens (tertiary/aromatic N) is 1. The molecule has 0 aliphatic rings. The van der Waals surface area contributed by atoms with Gasteiger partial charge < -0.3 is 20.7 Å². The molecule has 0 rings (SSSR count). The number of rotatable bonds is 10. The van der Waals surface area contributed by atoms with Crippen LogP contribution in [0, 0.1) is 11.8 Å². The molecule has 0 radical (unpaired) electrons. The van der Waals surface area contributed by atoms with Gasteiger partial charge in [0, 0.05) is 33.9 Å². The molecule has 2 amide bonds. The maximum Gasteiger partial charge on any atom is 0.239 e. The number of methoxy groups -OCH3 is 1. The molecule has 0 aliphatic heterocycles. The van der Waals surface area contributed by atoms with Crippen LogP contribution in [0.5, 0.6) is 0 Å². The van der Waals surface area contributed by atoms with Gasteiger partial charge in [0.1, 0.15) is 0 Å². The third-order valence-electron chi connectivity index (χ3n) is 2.99. The van der Waals surface area contributed by atoms with E-state index in [4.69, 9.17) is 10.5 Å². The number of nitrogens with one attached hydrogen (secondary N) is 1. The SMILES string of the molecule is COCCCNC(=O)CN(C)C(=O)C(CN)CC(C)C. The second kappa shape index (κ2) is 10.6. The van der Waals surface area contributed by atoms with Crippen molar-refractivity contribution < 1.29 is 14.3 Å². The Balaban J connectivity index is 4.13. The van der Waals surface area contributed by atoms with Crippen molar-refractivity contribution in [2.45, 2.75) is 26.7 Å². The minimum Gasteiger partial charge on any atom is -0.385 e. The number of likely N-dealkylation sites (N-methyl/N-ethyl adjacent to an activating group) is 1. The Labute approximate surface area is 122 Å². The van der Waals surface area contributed by atoms with Crippen LogP contribution in [0.1, 0.15) is 26.7 Å². The molecule has 0 fully saturated rings. The average molecular weight is 287 g/mol. The van der Waals surface area contributed by atoms with E-state index < -0.39 is 0 Å². The minimum atomic E-state index is -0.207. The van der Waals surface area contributed by atoms with Gasteiger partial charge in [-0.05, 0) is 18.8 Å². The molecular formula is C14H29N3O3. The van der Waals surface area contributed by atoms with E-state index in [1.165, 1.54) is 4.90 Å². The fourth-order valence-electron chi connectivity index (χ4n) is 1.97. The van der Waals surface area contributed by atoms with Crippen molar-refractivity contribution in [1.82, 2.24) is 10.2 Å². The van der Waals surface area contributed by atoms with Crippen LogP contribution in [0.2, 0.25) is 0 Å². The molecule has 3 N–H and O–H groups in total. The molecular weight excluding hydrogens is 258 g/mol. The summed E-state index contributed by atoms with van der Waals surface area (Å²) in [5.41, 5.74) is 5.64. The first-order valence-electron chi connectivity index (χ1n) is 7.13. The van der Waals surface area contributed by atoms with Gasteiger partial charge in [-0.3, -0.25) is 9.59 Å². The summed E-state index contributed by atoms with van der Waals surface area (Å²) in [7, 11) is 3.26. The zero-order chi connectivity index (χ0) is 15.5. The van der Waals surface area contributed by atoms with Gasteiger partial charge in [0.05, 0.1) is 12.5 Å². The molecule has 1 atom stereocenters. The molecule has 6 nitrogen and oxygen atoms in total. The Morgan fingerprint density at radius 2 is 2.00 bits per heavy atom. The van der Waals surface area contributed by atoms with E-state index in [0.29, 0.717) is 25.6 Å². The zero-order valence-corrected chi connectivity index (χ0v) is 13.1. The van der Waals surface area contributed by atoms with E-state index in [2.05, 4.69) is 19.2 Å². The molecule has 0 aromatic rings. The predicted octanol–water partition coefficient (Wildman–Crippen LogP) is 0.219. The lowest BCUT2D eigenvalue weighted by molar-refractivity contribution is -0.138. The lowest BCUT2D eigenvalue weighted by Crippen LogP contribution is -2.43. The molecule has 0 heterocycles. The summed E-state index contributed by atoms with van der Waals surface area (Å²) < 4.78 is 4.90. The number of ether oxygens (including phenoxy) is 1. The fraction of sp³-hybridized carbons (Fsp3) is 0.857. The van der Waals surface area contributed by atoms with Crippen LogP contribution < -0.4 is 11.1 Å². The highest BCUT2D eigenvalue weighted by Gasteiger charge is 2.22. The molecule has 0 aromatic carbocycles. The lowest BCUT2D eigenvalue weighted by Gasteiger charge is -2.23. The maximum absolute atomic E-state index is 12.2. The largest absolute Gasteiger partial charge is 0.385 e. The van der Waals surface area contributed by atoms with Crippen LogP contribution in [-0.2, 0) is 14.3 Å². The summed E-state index contributed by atoms with van der Waals surface area (Å²) in [6, 6.07) is 0. The number of carbonyl (C=O) groups excluding carboxylic acids is 2. The van der Waals surface area contributed by atoms with Gasteiger partial charge in [-0.25, -0.2) is 0 Å². The zero-order valence-electron chi connectivity index (χ0n) is 13.1. The van der Waals surface area contributed by atoms with Crippen molar-refractivity contribution in [3.63, 3.8) is 0 Å². The van der Waals surface area contributed by atoms with E-state index in [1.54, 1.807) is 14.2 Å². The smallest absolute Gasteiger partial charge is 0.239 e. The molecule has 0 saturated heterocycles. The van der Waals surface area contributed by atoms with Crippen LogP contribution in [0.25, 0.3) is 0 Å². The molecule has 20 heavy (non-hydrogen) atoms. The fourth-order valence-corrected chi connectivity index (χ4v) is 1.97. The van der Waals surface area contributed by atoms with Crippen molar-refractivity contribution in [1.29, 1.82) is 0 Å². The van der Waals surface area contributed by atoms with Crippen LogP contribution in [0.15, 0.2) is 0 Å². The molecule has 6 heteroatoms. The van der Waals surface area contributed by atoms with Gasteiger partial charge in [-0.15, -0.1) is 0 Å². The second-order valence-corrected chi connectivity index (χ2v) is 5.45. The molecule has 0 saturated carbocycles. The first-order chi connectivity index (χ1) is 9.42. The first kappa shape index (κ1) is 18.9. The van der Waals surface area contributed by atoms with E-state index in [9.17, 15) is 9.59 Å². The van der Waals surface area contributed by atoms with Gasteiger partial charge in [0.15, 0.2) is 0 Å². The van der Waals surface area contributed by atoms with Gasteiger partial charge in [-0.1, -0.05) is 13.8 Å². The Morgan fingerprint density at radius 3 is 2.50 bits per heavy atom. The Bertz CT molecular complexity index is 295.